The van der Waals surface area contributed by atoms with Crippen molar-refractivity contribution in [3.8, 4) is 0 Å². The van der Waals surface area contributed by atoms with Crippen LogP contribution in [0.15, 0.2) is 0 Å². The molecule has 0 aliphatic rings. The van der Waals surface area contributed by atoms with Gasteiger partial charge >= 0.3 is 0 Å². The van der Waals surface area contributed by atoms with Gasteiger partial charge in [-0.05, 0) is 44.0 Å². The quantitative estimate of drug-likeness (QED) is 0.712. The summed E-state index contributed by atoms with van der Waals surface area (Å²) in [5.74, 6) is 0. The molecule has 5 heteroatoms. The predicted octanol–water partition coefficient (Wildman–Crippen LogP) is 2.31. The molecule has 1 aromatic rings. The minimum Gasteiger partial charge on any atom is -0.317 e. The second-order valence-corrected chi connectivity index (χ2v) is 6.41. The zero-order valence-electron chi connectivity index (χ0n) is 12.0. The predicted molar refractivity (Wildman–Crippen MR) is 78.1 cm³/mol. The molecule has 104 valence electrons. The van der Waals surface area contributed by atoms with Crippen LogP contribution in [0.5, 0.6) is 0 Å². The fraction of sp³-hybridized carbons (Fsp3) is 0.846. The van der Waals surface area contributed by atoms with E-state index in [0.29, 0.717) is 0 Å². The third-order valence-corrected chi connectivity index (χ3v) is 3.41. The normalized spacial score (nSPS) is 12.0. The third kappa shape index (κ3) is 5.42. The van der Waals surface area contributed by atoms with E-state index in [1.165, 1.54) is 22.8 Å². The zero-order valence-corrected chi connectivity index (χ0v) is 12.9. The summed E-state index contributed by atoms with van der Waals surface area (Å²) in [6, 6.07) is 0. The van der Waals surface area contributed by atoms with Crippen LogP contribution < -0.4 is 10.6 Å². The molecule has 0 saturated carbocycles. The first-order valence-electron chi connectivity index (χ1n) is 6.79. The van der Waals surface area contributed by atoms with Crippen LogP contribution in [-0.2, 0) is 12.0 Å². The van der Waals surface area contributed by atoms with E-state index in [1.54, 1.807) is 0 Å². The van der Waals surface area contributed by atoms with Gasteiger partial charge in [-0.1, -0.05) is 32.2 Å². The molecule has 0 atom stereocenters. The van der Waals surface area contributed by atoms with E-state index in [9.17, 15) is 0 Å². The molecule has 1 heterocycles. The molecule has 0 saturated heterocycles. The van der Waals surface area contributed by atoms with Gasteiger partial charge in [0.1, 0.15) is 0 Å². The standard InChI is InChI=1S/C13H26N4S/c1-5-7-14-8-6-9-15-10-11-12(13(2,3)4)16-17-18-11/h14-15H,5-10H2,1-4H3. The van der Waals surface area contributed by atoms with Gasteiger partial charge in [0, 0.05) is 12.0 Å². The van der Waals surface area contributed by atoms with Crippen LogP contribution in [0, 0.1) is 0 Å². The van der Waals surface area contributed by atoms with Gasteiger partial charge in [-0.15, -0.1) is 5.10 Å². The highest BCUT2D eigenvalue weighted by molar-refractivity contribution is 7.05. The largest absolute Gasteiger partial charge is 0.317 e. The molecule has 1 aromatic heterocycles. The maximum absolute atomic E-state index is 4.24. The molecule has 0 unspecified atom stereocenters. The summed E-state index contributed by atoms with van der Waals surface area (Å²) in [4.78, 5) is 1.27. The van der Waals surface area contributed by atoms with Crippen molar-refractivity contribution in [2.45, 2.75) is 52.5 Å². The Morgan fingerprint density at radius 2 is 1.83 bits per heavy atom. The van der Waals surface area contributed by atoms with Crippen LogP contribution >= 0.6 is 11.5 Å². The number of hydrogen-bond donors (Lipinski definition) is 2. The third-order valence-electron chi connectivity index (χ3n) is 2.69. The van der Waals surface area contributed by atoms with Gasteiger partial charge in [-0.25, -0.2) is 0 Å². The maximum Gasteiger partial charge on any atom is 0.0854 e. The van der Waals surface area contributed by atoms with Crippen molar-refractivity contribution in [2.75, 3.05) is 19.6 Å². The van der Waals surface area contributed by atoms with Crippen molar-refractivity contribution < 1.29 is 0 Å². The Labute approximate surface area is 115 Å². The Hall–Kier alpha value is -0.520. The van der Waals surface area contributed by atoms with Gasteiger partial charge in [0.25, 0.3) is 0 Å². The van der Waals surface area contributed by atoms with Gasteiger partial charge in [0.05, 0.1) is 10.6 Å². The highest BCUT2D eigenvalue weighted by Crippen LogP contribution is 2.25. The number of hydrogen-bond acceptors (Lipinski definition) is 5. The smallest absolute Gasteiger partial charge is 0.0854 e. The Kier molecular flexibility index (Phi) is 6.75. The van der Waals surface area contributed by atoms with E-state index in [4.69, 9.17) is 0 Å². The maximum atomic E-state index is 4.24. The van der Waals surface area contributed by atoms with Gasteiger partial charge in [-0.3, -0.25) is 0 Å². The van der Waals surface area contributed by atoms with Crippen LogP contribution in [0.25, 0.3) is 0 Å². The van der Waals surface area contributed by atoms with E-state index in [2.05, 4.69) is 47.9 Å². The first-order chi connectivity index (χ1) is 8.55. The van der Waals surface area contributed by atoms with Gasteiger partial charge in [0.2, 0.25) is 0 Å². The van der Waals surface area contributed by atoms with Crippen molar-refractivity contribution >= 4 is 11.5 Å². The van der Waals surface area contributed by atoms with Crippen molar-refractivity contribution in [3.63, 3.8) is 0 Å². The van der Waals surface area contributed by atoms with Gasteiger partial charge in [0.15, 0.2) is 0 Å². The molecule has 0 spiro atoms. The minimum absolute atomic E-state index is 0.0900. The SMILES string of the molecule is CCCNCCCNCc1snnc1C(C)(C)C. The van der Waals surface area contributed by atoms with Crippen LogP contribution in [0.2, 0.25) is 0 Å². The molecule has 0 aliphatic heterocycles. The molecule has 0 amide bonds. The molecular weight excluding hydrogens is 244 g/mol. The second-order valence-electron chi connectivity index (χ2n) is 5.58. The van der Waals surface area contributed by atoms with E-state index >= 15 is 0 Å². The lowest BCUT2D eigenvalue weighted by Gasteiger charge is -2.16. The average molecular weight is 270 g/mol. The van der Waals surface area contributed by atoms with Crippen LogP contribution in [0.1, 0.15) is 51.1 Å². The first-order valence-corrected chi connectivity index (χ1v) is 7.56. The van der Waals surface area contributed by atoms with E-state index < -0.39 is 0 Å². The Bertz CT molecular complexity index is 330. The lowest BCUT2D eigenvalue weighted by atomic mass is 9.91. The lowest BCUT2D eigenvalue weighted by Crippen LogP contribution is -2.23. The van der Waals surface area contributed by atoms with E-state index in [-0.39, 0.29) is 5.41 Å². The first kappa shape index (κ1) is 15.5. The highest BCUT2D eigenvalue weighted by atomic mass is 32.1. The summed E-state index contributed by atoms with van der Waals surface area (Å²) >= 11 is 1.51. The lowest BCUT2D eigenvalue weighted by molar-refractivity contribution is 0.549. The number of rotatable bonds is 8. The van der Waals surface area contributed by atoms with Crippen LogP contribution in [-0.4, -0.2) is 29.2 Å². The number of nitrogens with one attached hydrogen (secondary N) is 2. The summed E-state index contributed by atoms with van der Waals surface area (Å²) in [5.41, 5.74) is 1.22. The van der Waals surface area contributed by atoms with E-state index in [1.807, 2.05) is 0 Å². The zero-order chi connectivity index (χ0) is 13.4. The summed E-state index contributed by atoms with van der Waals surface area (Å²) in [5, 5.41) is 11.1. The molecular formula is C13H26N4S. The molecule has 18 heavy (non-hydrogen) atoms. The number of nitrogens with zero attached hydrogens (tertiary/aromatic N) is 2. The van der Waals surface area contributed by atoms with Crippen molar-refractivity contribution in [2.24, 2.45) is 0 Å². The van der Waals surface area contributed by atoms with Crippen molar-refractivity contribution in [1.82, 2.24) is 20.2 Å². The summed E-state index contributed by atoms with van der Waals surface area (Å²) < 4.78 is 4.07. The van der Waals surface area contributed by atoms with E-state index in [0.717, 1.165) is 38.3 Å². The molecule has 4 nitrogen and oxygen atoms in total. The monoisotopic (exact) mass is 270 g/mol. The Balaban J connectivity index is 2.22. The molecule has 0 bridgehead atoms. The molecule has 1 rings (SSSR count). The summed E-state index contributed by atoms with van der Waals surface area (Å²) in [7, 11) is 0. The summed E-state index contributed by atoms with van der Waals surface area (Å²) in [6.07, 6.45) is 2.37. The van der Waals surface area contributed by atoms with Crippen LogP contribution in [0.3, 0.4) is 0 Å². The van der Waals surface area contributed by atoms with Gasteiger partial charge < -0.3 is 10.6 Å². The Morgan fingerprint density at radius 1 is 1.11 bits per heavy atom. The average Bonchev–Trinajstić information content (AvgIpc) is 2.76. The molecule has 0 aromatic carbocycles. The Morgan fingerprint density at radius 3 is 2.50 bits per heavy atom. The van der Waals surface area contributed by atoms with Crippen molar-refractivity contribution in [3.05, 3.63) is 10.6 Å². The topological polar surface area (TPSA) is 49.8 Å². The van der Waals surface area contributed by atoms with Gasteiger partial charge in [-0.2, -0.15) is 0 Å². The molecule has 2 N–H and O–H groups in total. The fourth-order valence-electron chi connectivity index (χ4n) is 1.74. The van der Waals surface area contributed by atoms with Crippen molar-refractivity contribution in [1.29, 1.82) is 0 Å². The number of aromatic nitrogens is 2. The minimum atomic E-state index is 0.0900. The summed E-state index contributed by atoms with van der Waals surface area (Å²) in [6.45, 7) is 12.9. The highest BCUT2D eigenvalue weighted by Gasteiger charge is 2.21. The fourth-order valence-corrected chi connectivity index (χ4v) is 2.56. The van der Waals surface area contributed by atoms with Crippen LogP contribution in [0.4, 0.5) is 0 Å². The second kappa shape index (κ2) is 7.81. The molecule has 0 aliphatic carbocycles. The molecule has 0 radical (unpaired) electrons. The molecule has 0 fully saturated rings.